The van der Waals surface area contributed by atoms with Gasteiger partial charge in [-0.1, -0.05) is 66.7 Å². The molecule has 0 unspecified atom stereocenters. The predicted octanol–water partition coefficient (Wildman–Crippen LogP) is 5.79. The molecule has 0 saturated heterocycles. The number of hydrogen-bond donors (Lipinski definition) is 0. The first-order chi connectivity index (χ1) is 12.3. The molecule has 0 amide bonds. The van der Waals surface area contributed by atoms with Gasteiger partial charge in [0.05, 0.1) is 11.4 Å². The monoisotopic (exact) mass is 322 g/mol. The van der Waals surface area contributed by atoms with Crippen molar-refractivity contribution in [1.29, 1.82) is 0 Å². The highest BCUT2D eigenvalue weighted by molar-refractivity contribution is 5.75. The summed E-state index contributed by atoms with van der Waals surface area (Å²) < 4.78 is 0. The molecule has 0 fully saturated rings. The van der Waals surface area contributed by atoms with Crippen LogP contribution in [0.25, 0.3) is 33.6 Å². The van der Waals surface area contributed by atoms with Crippen molar-refractivity contribution < 1.29 is 0 Å². The fourth-order valence-electron chi connectivity index (χ4n) is 3.05. The molecule has 0 N–H and O–H groups in total. The standard InChI is InChI=1S/C23H18N2/c1-17-21(14-15-24-23(17)19-10-6-3-7-11-19)22-13-12-20(16-25-22)18-8-4-2-5-9-18/h2-16H,1H3. The van der Waals surface area contributed by atoms with Gasteiger partial charge in [0.2, 0.25) is 0 Å². The minimum atomic E-state index is 0.969. The molecule has 0 aliphatic rings. The van der Waals surface area contributed by atoms with Crippen LogP contribution >= 0.6 is 0 Å². The zero-order valence-corrected chi connectivity index (χ0v) is 14.1. The second-order valence-electron chi connectivity index (χ2n) is 6.00. The minimum absolute atomic E-state index is 0.969. The van der Waals surface area contributed by atoms with Gasteiger partial charge in [-0.3, -0.25) is 9.97 Å². The summed E-state index contributed by atoms with van der Waals surface area (Å²) in [6.45, 7) is 2.11. The van der Waals surface area contributed by atoms with E-state index in [0.29, 0.717) is 0 Å². The Bertz CT molecular complexity index is 975. The molecule has 2 aromatic heterocycles. The summed E-state index contributed by atoms with van der Waals surface area (Å²) in [7, 11) is 0. The van der Waals surface area contributed by atoms with Crippen molar-refractivity contribution in [3.63, 3.8) is 0 Å². The van der Waals surface area contributed by atoms with Crippen LogP contribution in [0.2, 0.25) is 0 Å². The summed E-state index contributed by atoms with van der Waals surface area (Å²) in [5.41, 5.74) is 7.67. The Balaban J connectivity index is 1.73. The van der Waals surface area contributed by atoms with E-state index in [2.05, 4.69) is 48.3 Å². The van der Waals surface area contributed by atoms with Crippen LogP contribution in [0.5, 0.6) is 0 Å². The lowest BCUT2D eigenvalue weighted by Crippen LogP contribution is -1.93. The maximum absolute atomic E-state index is 4.69. The van der Waals surface area contributed by atoms with E-state index in [9.17, 15) is 0 Å². The Morgan fingerprint density at radius 1 is 0.600 bits per heavy atom. The molecule has 2 heterocycles. The van der Waals surface area contributed by atoms with Gasteiger partial charge < -0.3 is 0 Å². The molecule has 2 nitrogen and oxygen atoms in total. The van der Waals surface area contributed by atoms with Crippen LogP contribution in [0.1, 0.15) is 5.56 Å². The number of benzene rings is 2. The summed E-state index contributed by atoms with van der Waals surface area (Å²) in [6.07, 6.45) is 3.80. The average Bonchev–Trinajstić information content (AvgIpc) is 2.70. The van der Waals surface area contributed by atoms with E-state index in [1.165, 1.54) is 5.56 Å². The second-order valence-corrected chi connectivity index (χ2v) is 6.00. The maximum Gasteiger partial charge on any atom is 0.0737 e. The molecular formula is C23H18N2. The van der Waals surface area contributed by atoms with Crippen molar-refractivity contribution in [1.82, 2.24) is 9.97 Å². The number of hydrogen-bond acceptors (Lipinski definition) is 2. The van der Waals surface area contributed by atoms with Gasteiger partial charge in [-0.15, -0.1) is 0 Å². The number of pyridine rings is 2. The highest BCUT2D eigenvalue weighted by Gasteiger charge is 2.10. The Kier molecular flexibility index (Phi) is 4.09. The molecule has 4 rings (SSSR count). The van der Waals surface area contributed by atoms with Crippen molar-refractivity contribution in [2.24, 2.45) is 0 Å². The van der Waals surface area contributed by atoms with Crippen molar-refractivity contribution in [3.8, 4) is 33.6 Å². The fourth-order valence-corrected chi connectivity index (χ4v) is 3.05. The summed E-state index contributed by atoms with van der Waals surface area (Å²) >= 11 is 0. The fraction of sp³-hybridized carbons (Fsp3) is 0.0435. The first-order valence-corrected chi connectivity index (χ1v) is 8.36. The molecule has 0 saturated carbocycles. The summed E-state index contributed by atoms with van der Waals surface area (Å²) in [4.78, 5) is 9.27. The van der Waals surface area contributed by atoms with E-state index in [-0.39, 0.29) is 0 Å². The highest BCUT2D eigenvalue weighted by atomic mass is 14.7. The molecule has 0 spiro atoms. The van der Waals surface area contributed by atoms with E-state index < -0.39 is 0 Å². The Morgan fingerprint density at radius 3 is 1.92 bits per heavy atom. The van der Waals surface area contributed by atoms with Crippen LogP contribution in [0, 0.1) is 6.92 Å². The van der Waals surface area contributed by atoms with E-state index in [0.717, 1.165) is 33.6 Å². The maximum atomic E-state index is 4.69. The SMILES string of the molecule is Cc1c(-c2ccc(-c3ccccc3)cn2)ccnc1-c1ccccc1. The van der Waals surface area contributed by atoms with Crippen LogP contribution < -0.4 is 0 Å². The molecule has 2 aromatic carbocycles. The quantitative estimate of drug-likeness (QED) is 0.477. The number of nitrogens with zero attached hydrogens (tertiary/aromatic N) is 2. The first-order valence-electron chi connectivity index (χ1n) is 8.36. The van der Waals surface area contributed by atoms with E-state index in [4.69, 9.17) is 4.98 Å². The van der Waals surface area contributed by atoms with E-state index in [1.54, 1.807) is 0 Å². The number of rotatable bonds is 3. The van der Waals surface area contributed by atoms with Crippen LogP contribution in [-0.4, -0.2) is 9.97 Å². The second kappa shape index (κ2) is 6.70. The van der Waals surface area contributed by atoms with Gasteiger partial charge in [0.1, 0.15) is 0 Å². The minimum Gasteiger partial charge on any atom is -0.256 e. The largest absolute Gasteiger partial charge is 0.256 e. The summed E-state index contributed by atoms with van der Waals surface area (Å²) in [5, 5.41) is 0. The third-order valence-corrected chi connectivity index (χ3v) is 4.40. The lowest BCUT2D eigenvalue weighted by molar-refractivity contribution is 1.24. The molecule has 4 aromatic rings. The van der Waals surface area contributed by atoms with Gasteiger partial charge >= 0.3 is 0 Å². The zero-order chi connectivity index (χ0) is 17.1. The van der Waals surface area contributed by atoms with Crippen molar-refractivity contribution in [2.75, 3.05) is 0 Å². The van der Waals surface area contributed by atoms with Crippen molar-refractivity contribution in [3.05, 3.63) is 96.8 Å². The van der Waals surface area contributed by atoms with Crippen LogP contribution in [0.15, 0.2) is 91.3 Å². The zero-order valence-electron chi connectivity index (χ0n) is 14.1. The van der Waals surface area contributed by atoms with Crippen LogP contribution in [0.3, 0.4) is 0 Å². The third kappa shape index (κ3) is 3.07. The first kappa shape index (κ1) is 15.3. The number of aromatic nitrogens is 2. The van der Waals surface area contributed by atoms with E-state index in [1.807, 2.05) is 54.9 Å². The van der Waals surface area contributed by atoms with Crippen molar-refractivity contribution in [2.45, 2.75) is 6.92 Å². The lowest BCUT2D eigenvalue weighted by atomic mass is 9.99. The van der Waals surface area contributed by atoms with E-state index >= 15 is 0 Å². The van der Waals surface area contributed by atoms with Crippen molar-refractivity contribution >= 4 is 0 Å². The van der Waals surface area contributed by atoms with Gasteiger partial charge in [-0.25, -0.2) is 0 Å². The van der Waals surface area contributed by atoms with Gasteiger partial charge in [-0.05, 0) is 30.2 Å². The van der Waals surface area contributed by atoms with Crippen LogP contribution in [0.4, 0.5) is 0 Å². The topological polar surface area (TPSA) is 25.8 Å². The van der Waals surface area contributed by atoms with Gasteiger partial charge in [-0.2, -0.15) is 0 Å². The molecule has 0 radical (unpaired) electrons. The highest BCUT2D eigenvalue weighted by Crippen LogP contribution is 2.29. The molecule has 0 aliphatic carbocycles. The summed E-state index contributed by atoms with van der Waals surface area (Å²) in [5.74, 6) is 0. The summed E-state index contributed by atoms with van der Waals surface area (Å²) in [6, 6.07) is 26.8. The normalized spacial score (nSPS) is 10.6. The van der Waals surface area contributed by atoms with Crippen LogP contribution in [-0.2, 0) is 0 Å². The Hall–Kier alpha value is -3.26. The molecule has 0 aliphatic heterocycles. The molecule has 2 heteroatoms. The Labute approximate surface area is 147 Å². The van der Waals surface area contributed by atoms with Gasteiger partial charge in [0, 0.05) is 29.1 Å². The molecular weight excluding hydrogens is 304 g/mol. The lowest BCUT2D eigenvalue weighted by Gasteiger charge is -2.11. The molecule has 0 atom stereocenters. The smallest absolute Gasteiger partial charge is 0.0737 e. The Morgan fingerprint density at radius 2 is 1.28 bits per heavy atom. The predicted molar refractivity (Wildman–Crippen MR) is 103 cm³/mol. The molecule has 0 bridgehead atoms. The average molecular weight is 322 g/mol. The molecule has 120 valence electrons. The molecule has 25 heavy (non-hydrogen) atoms. The van der Waals surface area contributed by atoms with Gasteiger partial charge in [0.15, 0.2) is 0 Å². The third-order valence-electron chi connectivity index (χ3n) is 4.40. The van der Waals surface area contributed by atoms with Gasteiger partial charge in [0.25, 0.3) is 0 Å².